The van der Waals surface area contributed by atoms with Crippen LogP contribution in [0.25, 0.3) is 0 Å². The zero-order chi connectivity index (χ0) is 17.4. The standard InChI is InChI=1S/C18H25N3O3/c1-3-7-19-17(22)14-20-8-10-21(11-9-20)18(23)13-15-5-4-6-16(12-15)24-2/h3-6,12H,1,7-11,13-14H2,2H3,(H,19,22). The first-order chi connectivity index (χ1) is 11.6. The molecule has 6 nitrogen and oxygen atoms in total. The largest absolute Gasteiger partial charge is 0.497 e. The van der Waals surface area contributed by atoms with Gasteiger partial charge in [-0.25, -0.2) is 0 Å². The molecule has 2 rings (SSSR count). The van der Waals surface area contributed by atoms with E-state index in [0.29, 0.717) is 45.7 Å². The molecule has 1 aliphatic rings. The number of carbonyl (C=O) groups is 2. The van der Waals surface area contributed by atoms with Gasteiger partial charge in [-0.05, 0) is 17.7 Å². The molecular formula is C18H25N3O3. The number of ether oxygens (including phenoxy) is 1. The fourth-order valence-corrected chi connectivity index (χ4v) is 2.67. The second-order valence-electron chi connectivity index (χ2n) is 5.78. The molecule has 0 atom stereocenters. The van der Waals surface area contributed by atoms with E-state index in [0.717, 1.165) is 11.3 Å². The summed E-state index contributed by atoms with van der Waals surface area (Å²) >= 11 is 0. The van der Waals surface area contributed by atoms with Gasteiger partial charge in [0.05, 0.1) is 20.1 Å². The summed E-state index contributed by atoms with van der Waals surface area (Å²) < 4.78 is 5.19. The van der Waals surface area contributed by atoms with E-state index < -0.39 is 0 Å². The van der Waals surface area contributed by atoms with Crippen LogP contribution in [-0.4, -0.2) is 68.0 Å². The quantitative estimate of drug-likeness (QED) is 0.747. The Labute approximate surface area is 143 Å². The Morgan fingerprint density at radius 2 is 2.04 bits per heavy atom. The van der Waals surface area contributed by atoms with Crippen molar-refractivity contribution in [1.82, 2.24) is 15.1 Å². The van der Waals surface area contributed by atoms with Gasteiger partial charge >= 0.3 is 0 Å². The highest BCUT2D eigenvalue weighted by Gasteiger charge is 2.22. The molecule has 0 unspecified atom stereocenters. The molecule has 0 aliphatic carbocycles. The Hall–Kier alpha value is -2.34. The summed E-state index contributed by atoms with van der Waals surface area (Å²) in [6.45, 7) is 7.15. The smallest absolute Gasteiger partial charge is 0.234 e. The van der Waals surface area contributed by atoms with Crippen LogP contribution in [-0.2, 0) is 16.0 Å². The van der Waals surface area contributed by atoms with Crippen LogP contribution in [0.4, 0.5) is 0 Å². The van der Waals surface area contributed by atoms with E-state index in [2.05, 4.69) is 16.8 Å². The zero-order valence-electron chi connectivity index (χ0n) is 14.2. The zero-order valence-corrected chi connectivity index (χ0v) is 14.2. The van der Waals surface area contributed by atoms with Crippen molar-refractivity contribution in [2.75, 3.05) is 46.4 Å². The number of methoxy groups -OCH3 is 1. The van der Waals surface area contributed by atoms with Crippen molar-refractivity contribution in [3.8, 4) is 5.75 Å². The van der Waals surface area contributed by atoms with E-state index in [1.54, 1.807) is 13.2 Å². The first-order valence-electron chi connectivity index (χ1n) is 8.13. The van der Waals surface area contributed by atoms with Crippen LogP contribution in [0.1, 0.15) is 5.56 Å². The van der Waals surface area contributed by atoms with Crippen LogP contribution in [0.5, 0.6) is 5.75 Å². The Morgan fingerprint density at radius 1 is 1.29 bits per heavy atom. The highest BCUT2D eigenvalue weighted by molar-refractivity contribution is 5.79. The average Bonchev–Trinajstić information content (AvgIpc) is 2.60. The lowest BCUT2D eigenvalue weighted by Gasteiger charge is -2.34. The summed E-state index contributed by atoms with van der Waals surface area (Å²) in [5.74, 6) is 0.862. The van der Waals surface area contributed by atoms with Gasteiger partial charge in [0.25, 0.3) is 0 Å². The molecule has 2 amide bonds. The van der Waals surface area contributed by atoms with Crippen molar-refractivity contribution >= 4 is 11.8 Å². The van der Waals surface area contributed by atoms with Crippen LogP contribution in [0.2, 0.25) is 0 Å². The fraction of sp³-hybridized carbons (Fsp3) is 0.444. The van der Waals surface area contributed by atoms with Crippen molar-refractivity contribution in [3.63, 3.8) is 0 Å². The van der Waals surface area contributed by atoms with Crippen LogP contribution < -0.4 is 10.1 Å². The third kappa shape index (κ3) is 5.38. The number of amides is 2. The molecule has 24 heavy (non-hydrogen) atoms. The van der Waals surface area contributed by atoms with Crippen molar-refractivity contribution in [2.24, 2.45) is 0 Å². The average molecular weight is 331 g/mol. The minimum absolute atomic E-state index is 0.00828. The lowest BCUT2D eigenvalue weighted by atomic mass is 10.1. The van der Waals surface area contributed by atoms with E-state index in [1.165, 1.54) is 0 Å². The molecule has 130 valence electrons. The number of hydrogen-bond acceptors (Lipinski definition) is 4. The van der Waals surface area contributed by atoms with Crippen molar-refractivity contribution < 1.29 is 14.3 Å². The molecule has 1 N–H and O–H groups in total. The van der Waals surface area contributed by atoms with Gasteiger partial charge in [-0.2, -0.15) is 0 Å². The molecule has 1 heterocycles. The third-order valence-corrected chi connectivity index (χ3v) is 4.03. The first-order valence-corrected chi connectivity index (χ1v) is 8.13. The molecule has 0 spiro atoms. The molecule has 0 aromatic heterocycles. The SMILES string of the molecule is C=CCNC(=O)CN1CCN(C(=O)Cc2cccc(OC)c2)CC1. The second kappa shape index (κ2) is 9.08. The fourth-order valence-electron chi connectivity index (χ4n) is 2.67. The molecule has 0 saturated carbocycles. The van der Waals surface area contributed by atoms with E-state index in [4.69, 9.17) is 4.74 Å². The second-order valence-corrected chi connectivity index (χ2v) is 5.78. The number of piperazine rings is 1. The molecule has 0 bridgehead atoms. The number of nitrogens with one attached hydrogen (secondary N) is 1. The van der Waals surface area contributed by atoms with Crippen LogP contribution in [0, 0.1) is 0 Å². The van der Waals surface area contributed by atoms with E-state index in [1.807, 2.05) is 29.2 Å². The van der Waals surface area contributed by atoms with Gasteiger partial charge in [0, 0.05) is 32.7 Å². The Balaban J connectivity index is 1.77. The minimum atomic E-state index is -0.00828. The molecule has 1 fully saturated rings. The van der Waals surface area contributed by atoms with Gasteiger partial charge in [0.2, 0.25) is 11.8 Å². The summed E-state index contributed by atoms with van der Waals surface area (Å²) in [7, 11) is 1.62. The Morgan fingerprint density at radius 3 is 2.71 bits per heavy atom. The normalized spacial score (nSPS) is 15.0. The molecule has 1 aliphatic heterocycles. The third-order valence-electron chi connectivity index (χ3n) is 4.03. The van der Waals surface area contributed by atoms with Gasteiger partial charge in [-0.15, -0.1) is 6.58 Å². The highest BCUT2D eigenvalue weighted by atomic mass is 16.5. The van der Waals surface area contributed by atoms with Crippen molar-refractivity contribution in [1.29, 1.82) is 0 Å². The van der Waals surface area contributed by atoms with Crippen molar-refractivity contribution in [3.05, 3.63) is 42.5 Å². The number of hydrogen-bond donors (Lipinski definition) is 1. The maximum absolute atomic E-state index is 12.4. The Kier molecular flexibility index (Phi) is 6.81. The molecule has 0 radical (unpaired) electrons. The summed E-state index contributed by atoms with van der Waals surface area (Å²) in [4.78, 5) is 28.0. The maximum atomic E-state index is 12.4. The number of carbonyl (C=O) groups excluding carboxylic acids is 2. The summed E-state index contributed by atoms with van der Waals surface area (Å²) in [5, 5.41) is 2.77. The van der Waals surface area contributed by atoms with Crippen LogP contribution in [0.15, 0.2) is 36.9 Å². The highest BCUT2D eigenvalue weighted by Crippen LogP contribution is 2.14. The van der Waals surface area contributed by atoms with Gasteiger partial charge in [0.1, 0.15) is 5.75 Å². The van der Waals surface area contributed by atoms with E-state index in [9.17, 15) is 9.59 Å². The molecule has 1 aromatic carbocycles. The van der Waals surface area contributed by atoms with Crippen molar-refractivity contribution in [2.45, 2.75) is 6.42 Å². The van der Waals surface area contributed by atoms with Crippen LogP contribution in [0.3, 0.4) is 0 Å². The molecule has 1 saturated heterocycles. The Bertz CT molecular complexity index is 581. The van der Waals surface area contributed by atoms with E-state index >= 15 is 0 Å². The van der Waals surface area contributed by atoms with Gasteiger partial charge < -0.3 is 15.0 Å². The lowest BCUT2D eigenvalue weighted by Crippen LogP contribution is -2.51. The molecular weight excluding hydrogens is 306 g/mol. The number of benzene rings is 1. The molecule has 1 aromatic rings. The predicted molar refractivity (Wildman–Crippen MR) is 92.9 cm³/mol. The maximum Gasteiger partial charge on any atom is 0.234 e. The lowest BCUT2D eigenvalue weighted by molar-refractivity contribution is -0.132. The topological polar surface area (TPSA) is 61.9 Å². The summed E-state index contributed by atoms with van der Waals surface area (Å²) in [6.07, 6.45) is 2.03. The van der Waals surface area contributed by atoms with E-state index in [-0.39, 0.29) is 11.8 Å². The van der Waals surface area contributed by atoms with Gasteiger partial charge in [-0.3, -0.25) is 14.5 Å². The number of nitrogens with zero attached hydrogens (tertiary/aromatic N) is 2. The predicted octanol–water partition coefficient (Wildman–Crippen LogP) is 0.684. The van der Waals surface area contributed by atoms with Gasteiger partial charge in [0.15, 0.2) is 0 Å². The summed E-state index contributed by atoms with van der Waals surface area (Å²) in [6, 6.07) is 7.57. The monoisotopic (exact) mass is 331 g/mol. The number of rotatable bonds is 7. The minimum Gasteiger partial charge on any atom is -0.497 e. The first kappa shape index (κ1) is 18.0. The van der Waals surface area contributed by atoms with Crippen LogP contribution >= 0.6 is 0 Å². The molecule has 6 heteroatoms. The summed E-state index contributed by atoms with van der Waals surface area (Å²) in [5.41, 5.74) is 0.950. The van der Waals surface area contributed by atoms with Gasteiger partial charge in [-0.1, -0.05) is 18.2 Å².